The molecular weight excluding hydrogens is 296 g/mol. The highest BCUT2D eigenvalue weighted by atomic mass is 16.3. The number of nitrogen functional groups attached to an aromatic ring is 2. The number of anilines is 2. The molecule has 0 heterocycles. The lowest BCUT2D eigenvalue weighted by atomic mass is 9.71. The Balaban J connectivity index is 1.42. The monoisotopic (exact) mass is 326 g/mol. The topological polar surface area (TPSA) is 72.3 Å². The molecule has 4 atom stereocenters. The quantitative estimate of drug-likeness (QED) is 0.429. The van der Waals surface area contributed by atoms with Gasteiger partial charge in [-0.25, -0.2) is 0 Å². The zero-order valence-electron chi connectivity index (χ0n) is 14.5. The second kappa shape index (κ2) is 6.02. The fourth-order valence-electron chi connectivity index (χ4n) is 5.71. The lowest BCUT2D eigenvalue weighted by molar-refractivity contribution is 0.175. The molecule has 3 fully saturated rings. The summed E-state index contributed by atoms with van der Waals surface area (Å²) in [4.78, 5) is 0. The SMILES string of the molecule is C=CC1CCC(C2CCC3C(C2)C3c2ccc(O)c(N)c2N)CC1. The molecule has 0 radical (unpaired) electrons. The summed E-state index contributed by atoms with van der Waals surface area (Å²) in [6, 6.07) is 3.70. The minimum absolute atomic E-state index is 0.108. The molecule has 0 aromatic heterocycles. The molecule has 3 aliphatic rings. The first kappa shape index (κ1) is 15.9. The Kier molecular flexibility index (Phi) is 3.98. The van der Waals surface area contributed by atoms with E-state index in [0.29, 0.717) is 17.3 Å². The number of phenols is 1. The molecule has 1 aromatic rings. The average Bonchev–Trinajstić information content (AvgIpc) is 3.33. The number of hydrogen-bond donors (Lipinski definition) is 3. The predicted octanol–water partition coefficient (Wildman–Crippen LogP) is 4.68. The van der Waals surface area contributed by atoms with Crippen LogP contribution in [0.25, 0.3) is 0 Å². The van der Waals surface area contributed by atoms with Gasteiger partial charge in [-0.15, -0.1) is 6.58 Å². The maximum Gasteiger partial charge on any atom is 0.140 e. The van der Waals surface area contributed by atoms with Gasteiger partial charge in [0, 0.05) is 0 Å². The number of benzene rings is 1. The van der Waals surface area contributed by atoms with Crippen molar-refractivity contribution in [3.05, 3.63) is 30.4 Å². The van der Waals surface area contributed by atoms with Crippen LogP contribution >= 0.6 is 0 Å². The third kappa shape index (κ3) is 2.58. The standard InChI is InChI=1S/C21H30N2O/c1-2-12-3-5-13(6-4-12)14-7-8-15-17(11-14)19(15)16-9-10-18(24)21(23)20(16)22/h2,9-10,12-15,17,19,24H,1,3-8,11,22-23H2. The first-order chi connectivity index (χ1) is 11.6. The Morgan fingerprint density at radius 2 is 1.62 bits per heavy atom. The highest BCUT2D eigenvalue weighted by Gasteiger charge is 2.54. The van der Waals surface area contributed by atoms with E-state index in [1.54, 1.807) is 6.07 Å². The fraction of sp³-hybridized carbons (Fsp3) is 0.619. The molecule has 5 N–H and O–H groups in total. The zero-order chi connectivity index (χ0) is 16.8. The molecule has 4 rings (SSSR count). The molecule has 3 saturated carbocycles. The highest BCUT2D eigenvalue weighted by molar-refractivity contribution is 5.75. The number of rotatable bonds is 3. The lowest BCUT2D eigenvalue weighted by Gasteiger charge is -2.34. The summed E-state index contributed by atoms with van der Waals surface area (Å²) >= 11 is 0. The summed E-state index contributed by atoms with van der Waals surface area (Å²) in [5.74, 6) is 4.83. The van der Waals surface area contributed by atoms with E-state index in [9.17, 15) is 5.11 Å². The van der Waals surface area contributed by atoms with Crippen LogP contribution in [-0.4, -0.2) is 5.11 Å². The molecule has 130 valence electrons. The molecule has 1 aromatic carbocycles. The van der Waals surface area contributed by atoms with Crippen LogP contribution in [0.2, 0.25) is 0 Å². The normalized spacial score (nSPS) is 38.3. The molecule has 0 bridgehead atoms. The van der Waals surface area contributed by atoms with Crippen molar-refractivity contribution in [3.8, 4) is 5.75 Å². The van der Waals surface area contributed by atoms with E-state index in [2.05, 4.69) is 12.7 Å². The van der Waals surface area contributed by atoms with Gasteiger partial charge in [0.15, 0.2) is 0 Å². The van der Waals surface area contributed by atoms with Gasteiger partial charge in [0.25, 0.3) is 0 Å². The van der Waals surface area contributed by atoms with Crippen molar-refractivity contribution >= 4 is 11.4 Å². The van der Waals surface area contributed by atoms with Gasteiger partial charge in [-0.05, 0) is 92.1 Å². The van der Waals surface area contributed by atoms with E-state index >= 15 is 0 Å². The third-order valence-electron chi connectivity index (χ3n) is 7.25. The maximum atomic E-state index is 9.73. The number of fused-ring (bicyclic) bond motifs is 1. The lowest BCUT2D eigenvalue weighted by Crippen LogP contribution is -2.23. The molecule has 0 amide bonds. The van der Waals surface area contributed by atoms with Crippen molar-refractivity contribution in [1.29, 1.82) is 0 Å². The van der Waals surface area contributed by atoms with Gasteiger partial charge in [0.05, 0.1) is 11.4 Å². The highest BCUT2D eigenvalue weighted by Crippen LogP contribution is 2.65. The molecule has 0 spiro atoms. The fourth-order valence-corrected chi connectivity index (χ4v) is 5.71. The maximum absolute atomic E-state index is 9.73. The molecule has 3 nitrogen and oxygen atoms in total. The first-order valence-electron chi connectivity index (χ1n) is 9.59. The van der Waals surface area contributed by atoms with Crippen molar-refractivity contribution in [1.82, 2.24) is 0 Å². The molecule has 24 heavy (non-hydrogen) atoms. The Bertz CT molecular complexity index is 633. The van der Waals surface area contributed by atoms with Gasteiger partial charge in [0.2, 0.25) is 0 Å². The molecule has 3 aliphatic carbocycles. The van der Waals surface area contributed by atoms with E-state index in [1.165, 1.54) is 50.5 Å². The first-order valence-corrected chi connectivity index (χ1v) is 9.59. The van der Waals surface area contributed by atoms with Crippen molar-refractivity contribution in [3.63, 3.8) is 0 Å². The smallest absolute Gasteiger partial charge is 0.140 e. The zero-order valence-corrected chi connectivity index (χ0v) is 14.5. The number of hydrogen-bond acceptors (Lipinski definition) is 3. The van der Waals surface area contributed by atoms with Crippen LogP contribution in [0.4, 0.5) is 11.4 Å². The third-order valence-corrected chi connectivity index (χ3v) is 7.25. The van der Waals surface area contributed by atoms with Crippen molar-refractivity contribution < 1.29 is 5.11 Å². The van der Waals surface area contributed by atoms with Gasteiger partial charge in [-0.1, -0.05) is 12.1 Å². The number of nitrogens with two attached hydrogens (primary N) is 2. The minimum atomic E-state index is 0.108. The largest absolute Gasteiger partial charge is 0.506 e. The van der Waals surface area contributed by atoms with Crippen LogP contribution in [0.3, 0.4) is 0 Å². The van der Waals surface area contributed by atoms with Gasteiger partial charge in [0.1, 0.15) is 5.75 Å². The molecule has 0 aliphatic heterocycles. The molecule has 0 saturated heterocycles. The summed E-state index contributed by atoms with van der Waals surface area (Å²) in [5, 5.41) is 9.73. The van der Waals surface area contributed by atoms with Gasteiger partial charge in [-0.2, -0.15) is 0 Å². The molecule has 3 heteroatoms. The Morgan fingerprint density at radius 1 is 0.917 bits per heavy atom. The van der Waals surface area contributed by atoms with Crippen LogP contribution in [0.15, 0.2) is 24.8 Å². The Labute approximate surface area is 145 Å². The van der Waals surface area contributed by atoms with E-state index in [0.717, 1.165) is 29.6 Å². The van der Waals surface area contributed by atoms with Crippen LogP contribution in [0, 0.1) is 29.6 Å². The second-order valence-corrected chi connectivity index (χ2v) is 8.34. The Morgan fingerprint density at radius 3 is 2.33 bits per heavy atom. The second-order valence-electron chi connectivity index (χ2n) is 8.34. The van der Waals surface area contributed by atoms with Gasteiger partial charge < -0.3 is 16.6 Å². The van der Waals surface area contributed by atoms with E-state index in [4.69, 9.17) is 11.5 Å². The number of allylic oxidation sites excluding steroid dienone is 1. The summed E-state index contributed by atoms with van der Waals surface area (Å²) in [6.45, 7) is 3.97. The Hall–Kier alpha value is -1.64. The van der Waals surface area contributed by atoms with Crippen LogP contribution in [0.5, 0.6) is 5.75 Å². The average molecular weight is 326 g/mol. The van der Waals surface area contributed by atoms with Crippen LogP contribution in [0.1, 0.15) is 56.4 Å². The summed E-state index contributed by atoms with van der Waals surface area (Å²) in [6.07, 6.45) is 11.7. The summed E-state index contributed by atoms with van der Waals surface area (Å²) < 4.78 is 0. The van der Waals surface area contributed by atoms with Gasteiger partial charge in [-0.3, -0.25) is 0 Å². The van der Waals surface area contributed by atoms with Crippen LogP contribution in [-0.2, 0) is 0 Å². The number of aromatic hydroxyl groups is 1. The van der Waals surface area contributed by atoms with Crippen molar-refractivity contribution in [2.24, 2.45) is 29.6 Å². The summed E-state index contributed by atoms with van der Waals surface area (Å²) in [7, 11) is 0. The molecule has 4 unspecified atom stereocenters. The van der Waals surface area contributed by atoms with Crippen molar-refractivity contribution in [2.75, 3.05) is 11.5 Å². The predicted molar refractivity (Wildman–Crippen MR) is 99.6 cm³/mol. The number of phenolic OH excluding ortho intramolecular Hbond substituents is 1. The van der Waals surface area contributed by atoms with Crippen LogP contribution < -0.4 is 11.5 Å². The minimum Gasteiger partial charge on any atom is -0.506 e. The van der Waals surface area contributed by atoms with E-state index in [1.807, 2.05) is 6.07 Å². The van der Waals surface area contributed by atoms with Gasteiger partial charge >= 0.3 is 0 Å². The van der Waals surface area contributed by atoms with E-state index in [-0.39, 0.29) is 5.75 Å². The molecular formula is C21H30N2O. The van der Waals surface area contributed by atoms with E-state index < -0.39 is 0 Å². The van der Waals surface area contributed by atoms with Crippen molar-refractivity contribution in [2.45, 2.75) is 50.9 Å². The summed E-state index contributed by atoms with van der Waals surface area (Å²) in [5.41, 5.74) is 14.3.